The fourth-order valence-electron chi connectivity index (χ4n) is 2.81. The summed E-state index contributed by atoms with van der Waals surface area (Å²) in [6, 6.07) is 14.2. The number of rotatable bonds is 3. The molecule has 0 N–H and O–H groups in total. The minimum absolute atomic E-state index is 0.0228. The average molecular weight is 335 g/mol. The lowest BCUT2D eigenvalue weighted by molar-refractivity contribution is 0.0427. The number of ether oxygens (including phenoxy) is 1. The number of hydrogen-bond acceptors (Lipinski definition) is 6. The predicted molar refractivity (Wildman–Crippen MR) is 90.3 cm³/mol. The van der Waals surface area contributed by atoms with Crippen LogP contribution >= 0.6 is 0 Å². The number of aromatic nitrogens is 1. The van der Waals surface area contributed by atoms with Crippen LogP contribution in [0.1, 0.15) is 21.8 Å². The molecule has 0 unspecified atom stereocenters. The van der Waals surface area contributed by atoms with Crippen LogP contribution in [0.25, 0.3) is 21.7 Å². The lowest BCUT2D eigenvalue weighted by Gasteiger charge is -2.09. The van der Waals surface area contributed by atoms with Crippen LogP contribution in [0, 0.1) is 6.92 Å². The van der Waals surface area contributed by atoms with Crippen LogP contribution in [0.2, 0.25) is 0 Å². The first-order valence-corrected chi connectivity index (χ1v) is 7.67. The number of carbonyl (C=O) groups excluding carboxylic acids is 1. The van der Waals surface area contributed by atoms with E-state index in [2.05, 4.69) is 5.16 Å². The number of carbonyl (C=O) groups is 1. The summed E-state index contributed by atoms with van der Waals surface area (Å²) in [6.45, 7) is 1.64. The van der Waals surface area contributed by atoms with Crippen LogP contribution in [-0.4, -0.2) is 11.1 Å². The fourth-order valence-corrected chi connectivity index (χ4v) is 2.81. The van der Waals surface area contributed by atoms with Gasteiger partial charge in [0.25, 0.3) is 0 Å². The number of benzene rings is 2. The van der Waals surface area contributed by atoms with Gasteiger partial charge < -0.3 is 13.7 Å². The molecule has 0 aliphatic carbocycles. The van der Waals surface area contributed by atoms with Crippen molar-refractivity contribution in [1.82, 2.24) is 5.16 Å². The van der Waals surface area contributed by atoms with Gasteiger partial charge in [0.1, 0.15) is 12.2 Å². The Labute approximate surface area is 141 Å². The Morgan fingerprint density at radius 2 is 2.00 bits per heavy atom. The van der Waals surface area contributed by atoms with Crippen molar-refractivity contribution in [3.8, 4) is 0 Å². The van der Waals surface area contributed by atoms with Crippen molar-refractivity contribution < 1.29 is 18.5 Å². The maximum absolute atomic E-state index is 12.1. The first-order valence-electron chi connectivity index (χ1n) is 7.67. The molecule has 6 heteroatoms. The smallest absolute Gasteiger partial charge is 0.377 e. The highest BCUT2D eigenvalue weighted by Gasteiger charge is 2.16. The summed E-state index contributed by atoms with van der Waals surface area (Å²) in [6.07, 6.45) is 0. The second kappa shape index (κ2) is 5.90. The molecule has 0 aliphatic heterocycles. The molecule has 4 rings (SSSR count). The molecule has 124 valence electrons. The molecule has 0 spiro atoms. The first kappa shape index (κ1) is 15.1. The molecule has 0 amide bonds. The molecule has 0 saturated heterocycles. The van der Waals surface area contributed by atoms with Crippen LogP contribution in [0.3, 0.4) is 0 Å². The highest BCUT2D eigenvalue weighted by molar-refractivity contribution is 6.07. The van der Waals surface area contributed by atoms with Gasteiger partial charge in [-0.15, -0.1) is 0 Å². The van der Waals surface area contributed by atoms with E-state index in [1.165, 1.54) is 12.1 Å². The van der Waals surface area contributed by atoms with Crippen molar-refractivity contribution in [3.63, 3.8) is 0 Å². The van der Waals surface area contributed by atoms with Crippen LogP contribution in [0.5, 0.6) is 0 Å². The Balaban J connectivity index is 1.77. The van der Waals surface area contributed by atoms with Gasteiger partial charge in [0.15, 0.2) is 0 Å². The molecule has 6 nitrogen and oxygen atoms in total. The zero-order valence-corrected chi connectivity index (χ0v) is 13.3. The van der Waals surface area contributed by atoms with Crippen molar-refractivity contribution in [2.24, 2.45) is 0 Å². The van der Waals surface area contributed by atoms with Gasteiger partial charge in [-0.1, -0.05) is 35.5 Å². The number of nitrogens with zero attached hydrogens (tertiary/aromatic N) is 1. The molecule has 2 heterocycles. The highest BCUT2D eigenvalue weighted by atomic mass is 16.6. The monoisotopic (exact) mass is 335 g/mol. The Morgan fingerprint density at radius 1 is 1.16 bits per heavy atom. The molecule has 2 aromatic heterocycles. The van der Waals surface area contributed by atoms with Crippen molar-refractivity contribution >= 4 is 27.7 Å². The molecule has 2 aromatic carbocycles. The molecular formula is C19H13NO5. The molecule has 25 heavy (non-hydrogen) atoms. The van der Waals surface area contributed by atoms with Crippen molar-refractivity contribution in [1.29, 1.82) is 0 Å². The van der Waals surface area contributed by atoms with Crippen molar-refractivity contribution in [2.45, 2.75) is 13.5 Å². The van der Waals surface area contributed by atoms with Gasteiger partial charge in [-0.3, -0.25) is 0 Å². The molecular weight excluding hydrogens is 322 g/mol. The zero-order chi connectivity index (χ0) is 17.4. The third-order valence-electron chi connectivity index (χ3n) is 3.90. The summed E-state index contributed by atoms with van der Waals surface area (Å²) in [7, 11) is 0. The maximum Gasteiger partial charge on any atom is 0.377 e. The molecule has 0 radical (unpaired) electrons. The molecule has 0 fully saturated rings. The van der Waals surface area contributed by atoms with E-state index in [1.807, 2.05) is 30.3 Å². The quantitative estimate of drug-likeness (QED) is 0.323. The van der Waals surface area contributed by atoms with Crippen molar-refractivity contribution in [3.05, 3.63) is 76.0 Å². The van der Waals surface area contributed by atoms with Crippen LogP contribution < -0.4 is 5.63 Å². The number of esters is 1. The summed E-state index contributed by atoms with van der Waals surface area (Å²) in [5.74, 6) is -0.614. The van der Waals surface area contributed by atoms with Gasteiger partial charge in [-0.2, -0.15) is 0 Å². The third-order valence-corrected chi connectivity index (χ3v) is 3.90. The van der Waals surface area contributed by atoms with Gasteiger partial charge in [-0.25, -0.2) is 9.59 Å². The summed E-state index contributed by atoms with van der Waals surface area (Å²) in [5, 5.41) is 6.33. The standard InChI is InChI=1S/C19H13NO5/c1-11-8-16(25-20-11)19(22)23-10-13-9-17(21)24-15-7-6-12-4-2-3-5-14(12)18(13)15/h2-9H,10H2,1H3. The minimum atomic E-state index is -0.637. The van der Waals surface area contributed by atoms with Crippen LogP contribution in [0.15, 0.2) is 62.3 Å². The summed E-state index contributed by atoms with van der Waals surface area (Å²) in [4.78, 5) is 23.9. The van der Waals surface area contributed by atoms with Crippen LogP contribution in [0.4, 0.5) is 0 Å². The van der Waals surface area contributed by atoms with E-state index >= 15 is 0 Å². The first-order chi connectivity index (χ1) is 12.1. The molecule has 4 aromatic rings. The predicted octanol–water partition coefficient (Wildman–Crippen LogP) is 3.60. The fraction of sp³-hybridized carbons (Fsp3) is 0.105. The summed E-state index contributed by atoms with van der Waals surface area (Å²) >= 11 is 0. The minimum Gasteiger partial charge on any atom is -0.455 e. The van der Waals surface area contributed by atoms with Gasteiger partial charge in [0.05, 0.1) is 5.69 Å². The lowest BCUT2D eigenvalue weighted by Crippen LogP contribution is -2.07. The molecule has 0 atom stereocenters. The van der Waals surface area contributed by atoms with E-state index < -0.39 is 11.6 Å². The number of fused-ring (bicyclic) bond motifs is 3. The third kappa shape index (κ3) is 2.78. The normalized spacial score (nSPS) is 11.1. The molecule has 0 saturated carbocycles. The van der Waals surface area contributed by atoms with E-state index in [-0.39, 0.29) is 12.4 Å². The van der Waals surface area contributed by atoms with E-state index in [1.54, 1.807) is 13.0 Å². The molecule has 0 bridgehead atoms. The van der Waals surface area contributed by atoms with Crippen LogP contribution in [-0.2, 0) is 11.3 Å². The summed E-state index contributed by atoms with van der Waals surface area (Å²) < 4.78 is 15.5. The Bertz CT molecular complexity index is 1160. The number of hydrogen-bond donors (Lipinski definition) is 0. The van der Waals surface area contributed by atoms with E-state index in [9.17, 15) is 9.59 Å². The zero-order valence-electron chi connectivity index (χ0n) is 13.3. The second-order valence-corrected chi connectivity index (χ2v) is 5.66. The SMILES string of the molecule is Cc1cc(C(=O)OCc2cc(=O)oc3ccc4ccccc4c23)on1. The highest BCUT2D eigenvalue weighted by Crippen LogP contribution is 2.27. The topological polar surface area (TPSA) is 82.5 Å². The number of aryl methyl sites for hydroxylation is 1. The summed E-state index contributed by atoms with van der Waals surface area (Å²) in [5.41, 5.74) is 1.12. The van der Waals surface area contributed by atoms with E-state index in [0.29, 0.717) is 16.8 Å². The average Bonchev–Trinajstić information content (AvgIpc) is 3.05. The van der Waals surface area contributed by atoms with Crippen molar-refractivity contribution in [2.75, 3.05) is 0 Å². The Morgan fingerprint density at radius 3 is 2.80 bits per heavy atom. The lowest BCUT2D eigenvalue weighted by atomic mass is 10.0. The van der Waals surface area contributed by atoms with Gasteiger partial charge in [0.2, 0.25) is 5.76 Å². The Kier molecular flexibility index (Phi) is 3.57. The van der Waals surface area contributed by atoms with Gasteiger partial charge in [0, 0.05) is 23.1 Å². The molecule has 0 aliphatic rings. The van der Waals surface area contributed by atoms with Gasteiger partial charge in [-0.05, 0) is 23.8 Å². The largest absolute Gasteiger partial charge is 0.455 e. The second-order valence-electron chi connectivity index (χ2n) is 5.66. The maximum atomic E-state index is 12.1. The van der Waals surface area contributed by atoms with E-state index in [4.69, 9.17) is 13.7 Å². The van der Waals surface area contributed by atoms with E-state index in [0.717, 1.165) is 16.2 Å². The Hall–Kier alpha value is -3.41. The van der Waals surface area contributed by atoms with Gasteiger partial charge >= 0.3 is 11.6 Å².